The number of rotatable bonds is 4. The summed E-state index contributed by atoms with van der Waals surface area (Å²) in [7, 11) is 0. The van der Waals surface area contributed by atoms with E-state index in [0.717, 1.165) is 4.88 Å². The summed E-state index contributed by atoms with van der Waals surface area (Å²) >= 11 is 3.21. The van der Waals surface area contributed by atoms with Crippen molar-refractivity contribution >= 4 is 29.0 Å². The zero-order valence-corrected chi connectivity index (χ0v) is 11.1. The van der Waals surface area contributed by atoms with Crippen LogP contribution in [0.2, 0.25) is 0 Å². The fraction of sp³-hybridized carbons (Fsp3) is 0.545. The monoisotopic (exact) mass is 273 g/mol. The zero-order chi connectivity index (χ0) is 12.4. The molecule has 0 spiro atoms. The largest absolute Gasteiger partial charge is 0.394 e. The van der Waals surface area contributed by atoms with Crippen molar-refractivity contribution in [2.24, 2.45) is 0 Å². The van der Waals surface area contributed by atoms with Gasteiger partial charge in [-0.15, -0.1) is 23.1 Å². The number of thioether (sulfide) groups is 1. The van der Waals surface area contributed by atoms with Gasteiger partial charge in [0.15, 0.2) is 0 Å². The van der Waals surface area contributed by atoms with Gasteiger partial charge in [0.25, 0.3) is 0 Å². The Morgan fingerprint density at radius 2 is 2.41 bits per heavy atom. The lowest BCUT2D eigenvalue weighted by Gasteiger charge is -2.25. The molecule has 6 heteroatoms. The van der Waals surface area contributed by atoms with Crippen molar-refractivity contribution in [3.05, 3.63) is 21.9 Å². The van der Waals surface area contributed by atoms with E-state index in [-0.39, 0.29) is 24.4 Å². The normalized spacial score (nSPS) is 22.2. The van der Waals surface area contributed by atoms with E-state index < -0.39 is 6.10 Å². The average Bonchev–Trinajstić information content (AvgIpc) is 2.87. The molecule has 4 nitrogen and oxygen atoms in total. The van der Waals surface area contributed by atoms with Gasteiger partial charge in [-0.2, -0.15) is 0 Å². The molecule has 2 atom stereocenters. The molecule has 1 aromatic rings. The van der Waals surface area contributed by atoms with Gasteiger partial charge < -0.3 is 15.1 Å². The first-order valence-electron chi connectivity index (χ1n) is 5.37. The van der Waals surface area contributed by atoms with Crippen LogP contribution in [0.1, 0.15) is 15.8 Å². The van der Waals surface area contributed by atoms with Crippen molar-refractivity contribution in [3.8, 4) is 0 Å². The highest BCUT2D eigenvalue weighted by molar-refractivity contribution is 8.00. The Morgan fingerprint density at radius 3 is 3.00 bits per heavy atom. The van der Waals surface area contributed by atoms with Gasteiger partial charge >= 0.3 is 0 Å². The van der Waals surface area contributed by atoms with E-state index in [1.54, 1.807) is 28.0 Å². The van der Waals surface area contributed by atoms with Crippen LogP contribution in [-0.4, -0.2) is 46.0 Å². The van der Waals surface area contributed by atoms with E-state index in [9.17, 15) is 9.90 Å². The molecule has 1 aliphatic rings. The molecule has 2 N–H and O–H groups in total. The molecule has 1 saturated heterocycles. The summed E-state index contributed by atoms with van der Waals surface area (Å²) in [5.74, 6) is 0.473. The van der Waals surface area contributed by atoms with E-state index in [2.05, 4.69) is 0 Å². The first-order valence-corrected chi connectivity index (χ1v) is 7.30. The van der Waals surface area contributed by atoms with Crippen LogP contribution < -0.4 is 0 Å². The van der Waals surface area contributed by atoms with E-state index in [4.69, 9.17) is 5.11 Å². The van der Waals surface area contributed by atoms with Crippen LogP contribution >= 0.6 is 23.1 Å². The Bertz CT molecular complexity index is 407. The molecule has 2 unspecified atom stereocenters. The molecule has 94 valence electrons. The molecule has 1 aliphatic heterocycles. The standard InChI is InChI=1S/C11H15NO3S2/c1-7-2-3-16-10(7)11-12(4-8(14)5-13)9(15)6-17-11/h2-3,8,11,13-14H,4-6H2,1H3. The van der Waals surface area contributed by atoms with Crippen LogP contribution in [0, 0.1) is 6.92 Å². The fourth-order valence-electron chi connectivity index (χ4n) is 1.79. The summed E-state index contributed by atoms with van der Waals surface area (Å²) in [6, 6.07) is 2.03. The van der Waals surface area contributed by atoms with Gasteiger partial charge in [-0.1, -0.05) is 0 Å². The lowest BCUT2D eigenvalue weighted by Crippen LogP contribution is -2.36. The summed E-state index contributed by atoms with van der Waals surface area (Å²) in [5, 5.41) is 20.3. The van der Waals surface area contributed by atoms with Crippen LogP contribution in [0.25, 0.3) is 0 Å². The third-order valence-electron chi connectivity index (χ3n) is 2.71. The topological polar surface area (TPSA) is 60.8 Å². The van der Waals surface area contributed by atoms with Crippen LogP contribution in [-0.2, 0) is 4.79 Å². The number of aliphatic hydroxyl groups excluding tert-OH is 2. The van der Waals surface area contributed by atoms with Gasteiger partial charge in [0.2, 0.25) is 5.91 Å². The number of hydrogen-bond acceptors (Lipinski definition) is 5. The number of aliphatic hydroxyl groups is 2. The lowest BCUT2D eigenvalue weighted by atomic mass is 10.2. The van der Waals surface area contributed by atoms with Gasteiger partial charge in [0.1, 0.15) is 5.37 Å². The van der Waals surface area contributed by atoms with Crippen molar-refractivity contribution in [1.82, 2.24) is 4.90 Å². The molecule has 1 fully saturated rings. The summed E-state index contributed by atoms with van der Waals surface area (Å²) in [6.45, 7) is 1.91. The Morgan fingerprint density at radius 1 is 1.65 bits per heavy atom. The second kappa shape index (κ2) is 5.39. The molecule has 0 saturated carbocycles. The number of aryl methyl sites for hydroxylation is 1. The molecular weight excluding hydrogens is 258 g/mol. The molecule has 17 heavy (non-hydrogen) atoms. The van der Waals surface area contributed by atoms with Crippen molar-refractivity contribution in [2.45, 2.75) is 18.4 Å². The average molecular weight is 273 g/mol. The number of carbonyl (C=O) groups is 1. The molecule has 0 bridgehead atoms. The third-order valence-corrected chi connectivity index (χ3v) is 5.15. The zero-order valence-electron chi connectivity index (χ0n) is 9.50. The number of carbonyl (C=O) groups excluding carboxylic acids is 1. The molecule has 2 heterocycles. The molecule has 0 radical (unpaired) electrons. The SMILES string of the molecule is Cc1ccsc1C1SCC(=O)N1CC(O)CO. The highest BCUT2D eigenvalue weighted by Gasteiger charge is 2.35. The van der Waals surface area contributed by atoms with Crippen LogP contribution in [0.4, 0.5) is 0 Å². The maximum absolute atomic E-state index is 11.8. The highest BCUT2D eigenvalue weighted by Crippen LogP contribution is 2.42. The van der Waals surface area contributed by atoms with Gasteiger partial charge in [0, 0.05) is 4.88 Å². The lowest BCUT2D eigenvalue weighted by molar-refractivity contribution is -0.129. The predicted molar refractivity (Wildman–Crippen MR) is 69.1 cm³/mol. The Balaban J connectivity index is 2.16. The maximum atomic E-state index is 11.8. The number of amides is 1. The second-order valence-electron chi connectivity index (χ2n) is 4.01. The van der Waals surface area contributed by atoms with Crippen molar-refractivity contribution in [3.63, 3.8) is 0 Å². The molecule has 0 aliphatic carbocycles. The van der Waals surface area contributed by atoms with Crippen LogP contribution in [0.3, 0.4) is 0 Å². The third kappa shape index (κ3) is 2.65. The number of nitrogens with zero attached hydrogens (tertiary/aromatic N) is 1. The van der Waals surface area contributed by atoms with Crippen molar-refractivity contribution < 1.29 is 15.0 Å². The maximum Gasteiger partial charge on any atom is 0.233 e. The first kappa shape index (κ1) is 12.9. The minimum Gasteiger partial charge on any atom is -0.394 e. The molecule has 1 amide bonds. The summed E-state index contributed by atoms with van der Waals surface area (Å²) in [4.78, 5) is 14.6. The van der Waals surface area contributed by atoms with Crippen LogP contribution in [0.15, 0.2) is 11.4 Å². The van der Waals surface area contributed by atoms with E-state index in [1.807, 2.05) is 18.4 Å². The van der Waals surface area contributed by atoms with Gasteiger partial charge in [-0.3, -0.25) is 4.79 Å². The van der Waals surface area contributed by atoms with E-state index in [1.165, 1.54) is 5.56 Å². The number of β-amino-alcohol motifs (C(OH)–C–C–N with tert-alkyl or cyclic N) is 1. The molecule has 1 aromatic heterocycles. The highest BCUT2D eigenvalue weighted by atomic mass is 32.2. The summed E-state index contributed by atoms with van der Waals surface area (Å²) in [5.41, 5.74) is 1.17. The van der Waals surface area contributed by atoms with Crippen molar-refractivity contribution in [1.29, 1.82) is 0 Å². The Hall–Kier alpha value is -0.560. The molecule has 0 aromatic carbocycles. The number of hydrogen-bond donors (Lipinski definition) is 2. The summed E-state index contributed by atoms with van der Waals surface area (Å²) in [6.07, 6.45) is -0.861. The van der Waals surface area contributed by atoms with Crippen molar-refractivity contribution in [2.75, 3.05) is 18.9 Å². The Labute approximate surface area is 108 Å². The predicted octanol–water partition coefficient (Wildman–Crippen LogP) is 0.984. The minimum absolute atomic E-state index is 0.0105. The van der Waals surface area contributed by atoms with Gasteiger partial charge in [-0.05, 0) is 23.9 Å². The molecular formula is C11H15NO3S2. The van der Waals surface area contributed by atoms with Crippen LogP contribution in [0.5, 0.6) is 0 Å². The smallest absolute Gasteiger partial charge is 0.233 e. The van der Waals surface area contributed by atoms with Gasteiger partial charge in [-0.25, -0.2) is 0 Å². The minimum atomic E-state index is -0.861. The summed E-state index contributed by atoms with van der Waals surface area (Å²) < 4.78 is 0. The first-order chi connectivity index (χ1) is 8.13. The number of thiophene rings is 1. The fourth-order valence-corrected chi connectivity index (χ4v) is 4.27. The van der Waals surface area contributed by atoms with Gasteiger partial charge in [0.05, 0.1) is 25.0 Å². The molecule has 2 rings (SSSR count). The second-order valence-corrected chi connectivity index (χ2v) is 6.03. The Kier molecular flexibility index (Phi) is 4.09. The van der Waals surface area contributed by atoms with E-state index in [0.29, 0.717) is 5.75 Å². The van der Waals surface area contributed by atoms with E-state index >= 15 is 0 Å². The quantitative estimate of drug-likeness (QED) is 0.858.